The maximum atomic E-state index is 12.0. The fraction of sp³-hybridized carbons (Fsp3) is 0.286. The highest BCUT2D eigenvalue weighted by molar-refractivity contribution is 8.03. The van der Waals surface area contributed by atoms with Crippen molar-refractivity contribution in [3.8, 4) is 0 Å². The predicted octanol–water partition coefficient (Wildman–Crippen LogP) is 2.33. The van der Waals surface area contributed by atoms with Crippen LogP contribution >= 0.6 is 11.8 Å². The van der Waals surface area contributed by atoms with Crippen LogP contribution in [0.5, 0.6) is 0 Å². The van der Waals surface area contributed by atoms with Crippen molar-refractivity contribution in [2.24, 2.45) is 0 Å². The lowest BCUT2D eigenvalue weighted by Gasteiger charge is -2.08. The number of thioether (sulfide) groups is 1. The van der Waals surface area contributed by atoms with Crippen LogP contribution in [0, 0.1) is 0 Å². The molecule has 2 rings (SSSR count). The van der Waals surface area contributed by atoms with Crippen molar-refractivity contribution in [1.82, 2.24) is 5.32 Å². The number of hydrogen-bond acceptors (Lipinski definition) is 4. The van der Waals surface area contributed by atoms with Gasteiger partial charge in [0.15, 0.2) is 0 Å². The molecule has 0 bridgehead atoms. The van der Waals surface area contributed by atoms with Crippen molar-refractivity contribution in [2.75, 3.05) is 12.4 Å². The quantitative estimate of drug-likeness (QED) is 0.858. The molecule has 1 amide bonds. The van der Waals surface area contributed by atoms with E-state index in [1.54, 1.807) is 31.2 Å². The van der Waals surface area contributed by atoms with E-state index in [1.807, 2.05) is 6.07 Å². The molecule has 0 aromatic heterocycles. The molecule has 0 radical (unpaired) electrons. The van der Waals surface area contributed by atoms with E-state index in [0.29, 0.717) is 29.2 Å². The second-order valence-electron chi connectivity index (χ2n) is 3.95. The van der Waals surface area contributed by atoms with Crippen molar-refractivity contribution in [3.05, 3.63) is 46.5 Å². The minimum Gasteiger partial charge on any atom is -0.463 e. The molecule has 1 N–H and O–H groups in total. The minimum absolute atomic E-state index is 0.202. The highest BCUT2D eigenvalue weighted by atomic mass is 32.2. The summed E-state index contributed by atoms with van der Waals surface area (Å²) in [5, 5.41) is 3.41. The maximum absolute atomic E-state index is 12.0. The van der Waals surface area contributed by atoms with Crippen LogP contribution in [0.25, 0.3) is 0 Å². The number of benzene rings is 1. The molecule has 0 unspecified atom stereocenters. The van der Waals surface area contributed by atoms with Crippen molar-refractivity contribution in [2.45, 2.75) is 13.3 Å². The summed E-state index contributed by atoms with van der Waals surface area (Å²) >= 11 is 1.47. The zero-order valence-electron chi connectivity index (χ0n) is 10.6. The number of nitrogens with one attached hydrogen (secondary N) is 1. The van der Waals surface area contributed by atoms with Crippen LogP contribution in [0.4, 0.5) is 0 Å². The Balaban J connectivity index is 2.11. The van der Waals surface area contributed by atoms with E-state index in [9.17, 15) is 9.59 Å². The fourth-order valence-corrected chi connectivity index (χ4v) is 2.78. The molecule has 4 nitrogen and oxygen atoms in total. The summed E-state index contributed by atoms with van der Waals surface area (Å²) in [6.45, 7) is 2.11. The van der Waals surface area contributed by atoms with Crippen LogP contribution in [0.15, 0.2) is 40.9 Å². The van der Waals surface area contributed by atoms with E-state index >= 15 is 0 Å². The molecule has 1 aliphatic heterocycles. The summed E-state index contributed by atoms with van der Waals surface area (Å²) < 4.78 is 4.98. The number of carbonyl (C=O) groups is 2. The van der Waals surface area contributed by atoms with E-state index in [0.717, 1.165) is 5.75 Å². The SMILES string of the molecule is CCOC(=O)C1=C(NC(=O)c2ccccc2)SCC1. The lowest BCUT2D eigenvalue weighted by molar-refractivity contribution is -0.138. The first-order valence-electron chi connectivity index (χ1n) is 6.12. The summed E-state index contributed by atoms with van der Waals surface area (Å²) in [5.74, 6) is 0.251. The van der Waals surface area contributed by atoms with Gasteiger partial charge in [-0.3, -0.25) is 4.79 Å². The normalized spacial score (nSPS) is 14.4. The molecule has 19 heavy (non-hydrogen) atoms. The second kappa shape index (κ2) is 6.43. The standard InChI is InChI=1S/C14H15NO3S/c1-2-18-14(17)11-8-9-19-13(11)15-12(16)10-6-4-3-5-7-10/h3-7H,2,8-9H2,1H3,(H,15,16). The molecule has 0 saturated heterocycles. The number of amides is 1. The monoisotopic (exact) mass is 277 g/mol. The van der Waals surface area contributed by atoms with Gasteiger partial charge in [0.1, 0.15) is 0 Å². The van der Waals surface area contributed by atoms with Gasteiger partial charge in [0.2, 0.25) is 0 Å². The van der Waals surface area contributed by atoms with E-state index < -0.39 is 0 Å². The van der Waals surface area contributed by atoms with Gasteiger partial charge in [-0.25, -0.2) is 4.79 Å². The molecule has 1 aromatic carbocycles. The van der Waals surface area contributed by atoms with Gasteiger partial charge in [-0.15, -0.1) is 11.8 Å². The minimum atomic E-state index is -0.337. The Bertz CT molecular complexity index is 511. The van der Waals surface area contributed by atoms with Gasteiger partial charge in [-0.05, 0) is 25.5 Å². The van der Waals surface area contributed by atoms with Gasteiger partial charge in [0, 0.05) is 11.3 Å². The number of hydrogen-bond donors (Lipinski definition) is 1. The van der Waals surface area contributed by atoms with Crippen molar-refractivity contribution in [1.29, 1.82) is 0 Å². The van der Waals surface area contributed by atoms with E-state index in [-0.39, 0.29) is 11.9 Å². The highest BCUT2D eigenvalue weighted by Gasteiger charge is 2.24. The molecule has 0 aliphatic carbocycles. The summed E-state index contributed by atoms with van der Waals surface area (Å²) in [5.41, 5.74) is 1.14. The number of esters is 1. The molecule has 0 spiro atoms. The van der Waals surface area contributed by atoms with Crippen molar-refractivity contribution >= 4 is 23.6 Å². The van der Waals surface area contributed by atoms with Crippen molar-refractivity contribution < 1.29 is 14.3 Å². The average molecular weight is 277 g/mol. The Kier molecular flexibility index (Phi) is 4.63. The number of ether oxygens (including phenoxy) is 1. The zero-order valence-corrected chi connectivity index (χ0v) is 11.5. The molecule has 5 heteroatoms. The topological polar surface area (TPSA) is 55.4 Å². The largest absolute Gasteiger partial charge is 0.463 e. The lowest BCUT2D eigenvalue weighted by atomic mass is 10.2. The van der Waals surface area contributed by atoms with Crippen LogP contribution < -0.4 is 5.32 Å². The molecule has 1 aliphatic rings. The Morgan fingerprint density at radius 2 is 2.05 bits per heavy atom. The van der Waals surface area contributed by atoms with Gasteiger partial charge >= 0.3 is 5.97 Å². The summed E-state index contributed by atoms with van der Waals surface area (Å²) in [6.07, 6.45) is 0.633. The van der Waals surface area contributed by atoms with Crippen LogP contribution in [0.1, 0.15) is 23.7 Å². The third kappa shape index (κ3) is 3.38. The first kappa shape index (κ1) is 13.7. The summed E-state index contributed by atoms with van der Waals surface area (Å²) in [7, 11) is 0. The van der Waals surface area contributed by atoms with Crippen molar-refractivity contribution in [3.63, 3.8) is 0 Å². The van der Waals surface area contributed by atoms with Gasteiger partial charge in [-0.1, -0.05) is 18.2 Å². The maximum Gasteiger partial charge on any atom is 0.336 e. The summed E-state index contributed by atoms with van der Waals surface area (Å²) in [4.78, 5) is 23.7. The average Bonchev–Trinajstić information content (AvgIpc) is 2.88. The molecule has 0 saturated carbocycles. The van der Waals surface area contributed by atoms with E-state index in [4.69, 9.17) is 4.74 Å². The molecule has 1 heterocycles. The van der Waals surface area contributed by atoms with E-state index in [2.05, 4.69) is 5.32 Å². The predicted molar refractivity (Wildman–Crippen MR) is 74.6 cm³/mol. The third-order valence-corrected chi connectivity index (χ3v) is 3.70. The smallest absolute Gasteiger partial charge is 0.336 e. The number of rotatable bonds is 4. The van der Waals surface area contributed by atoms with Gasteiger partial charge in [0.05, 0.1) is 17.2 Å². The van der Waals surface area contributed by atoms with Gasteiger partial charge in [-0.2, -0.15) is 0 Å². The highest BCUT2D eigenvalue weighted by Crippen LogP contribution is 2.30. The molecule has 0 fully saturated rings. The molecule has 1 aromatic rings. The van der Waals surface area contributed by atoms with Crippen LogP contribution in [-0.2, 0) is 9.53 Å². The Morgan fingerprint density at radius 3 is 2.74 bits per heavy atom. The zero-order chi connectivity index (χ0) is 13.7. The first-order chi connectivity index (χ1) is 9.22. The second-order valence-corrected chi connectivity index (χ2v) is 5.05. The molecule has 100 valence electrons. The van der Waals surface area contributed by atoms with Gasteiger partial charge < -0.3 is 10.1 Å². The fourth-order valence-electron chi connectivity index (χ4n) is 1.75. The van der Waals surface area contributed by atoms with Gasteiger partial charge in [0.25, 0.3) is 5.91 Å². The first-order valence-corrected chi connectivity index (χ1v) is 7.10. The van der Waals surface area contributed by atoms with Crippen LogP contribution in [0.3, 0.4) is 0 Å². The summed E-state index contributed by atoms with van der Waals surface area (Å²) in [6, 6.07) is 8.93. The molecular formula is C14H15NO3S. The Hall–Kier alpha value is -1.75. The molecular weight excluding hydrogens is 262 g/mol. The van der Waals surface area contributed by atoms with Crippen LogP contribution in [-0.4, -0.2) is 24.2 Å². The van der Waals surface area contributed by atoms with Crippen LogP contribution in [0.2, 0.25) is 0 Å². The number of carbonyl (C=O) groups excluding carboxylic acids is 2. The Morgan fingerprint density at radius 1 is 1.32 bits per heavy atom. The molecule has 0 atom stereocenters. The Labute approximate surface area is 116 Å². The van der Waals surface area contributed by atoms with E-state index in [1.165, 1.54) is 11.8 Å². The third-order valence-electron chi connectivity index (χ3n) is 2.66. The lowest BCUT2D eigenvalue weighted by Crippen LogP contribution is -2.23.